The van der Waals surface area contributed by atoms with Crippen molar-refractivity contribution in [2.75, 3.05) is 6.61 Å². The first-order chi connectivity index (χ1) is 7.17. The topological polar surface area (TPSA) is 35.2 Å². The second-order valence-corrected chi connectivity index (χ2v) is 3.90. The van der Waals surface area contributed by atoms with Gasteiger partial charge in [0.2, 0.25) is 0 Å². The normalized spacial score (nSPS) is 11.8. The highest BCUT2D eigenvalue weighted by molar-refractivity contribution is 5.85. The molecule has 0 fully saturated rings. The average molecular weight is 244 g/mol. The van der Waals surface area contributed by atoms with Crippen molar-refractivity contribution in [1.29, 1.82) is 0 Å². The van der Waals surface area contributed by atoms with E-state index >= 15 is 0 Å². The highest BCUT2D eigenvalue weighted by Gasteiger charge is 2.05. The molecule has 92 valence electrons. The molecular weight excluding hydrogens is 222 g/mol. The Bertz CT molecular complexity index is 313. The Labute approximate surface area is 105 Å². The molecule has 0 heterocycles. The maximum absolute atomic E-state index is 5.81. The molecule has 0 saturated carbocycles. The van der Waals surface area contributed by atoms with Gasteiger partial charge in [-0.3, -0.25) is 0 Å². The predicted molar refractivity (Wildman–Crippen MR) is 71.6 cm³/mol. The minimum atomic E-state index is 0. The van der Waals surface area contributed by atoms with Gasteiger partial charge < -0.3 is 10.5 Å². The lowest BCUT2D eigenvalue weighted by Crippen LogP contribution is -2.18. The molecule has 0 aliphatic heterocycles. The van der Waals surface area contributed by atoms with E-state index in [9.17, 15) is 0 Å². The van der Waals surface area contributed by atoms with Crippen molar-refractivity contribution in [2.24, 2.45) is 5.73 Å². The van der Waals surface area contributed by atoms with Crippen molar-refractivity contribution in [3.8, 4) is 5.75 Å². The molecule has 2 nitrogen and oxygen atoms in total. The number of halogens is 1. The predicted octanol–water partition coefficient (Wildman–Crippen LogP) is 2.96. The van der Waals surface area contributed by atoms with E-state index in [1.165, 1.54) is 11.1 Å². The van der Waals surface area contributed by atoms with Gasteiger partial charge in [0.1, 0.15) is 5.75 Å². The summed E-state index contributed by atoms with van der Waals surface area (Å²) in [6, 6.07) is 6.50. The van der Waals surface area contributed by atoms with E-state index in [0.29, 0.717) is 0 Å². The maximum atomic E-state index is 5.81. The molecule has 16 heavy (non-hydrogen) atoms. The molecule has 1 unspecified atom stereocenters. The first kappa shape index (κ1) is 15.3. The Hall–Kier alpha value is -0.730. The molecule has 0 aliphatic carbocycles. The van der Waals surface area contributed by atoms with Gasteiger partial charge in [-0.1, -0.05) is 13.0 Å². The van der Waals surface area contributed by atoms with Crippen molar-refractivity contribution >= 4 is 12.4 Å². The van der Waals surface area contributed by atoms with Crippen LogP contribution in [-0.4, -0.2) is 12.6 Å². The highest BCUT2D eigenvalue weighted by Crippen LogP contribution is 2.19. The first-order valence-electron chi connectivity index (χ1n) is 5.67. The third-order valence-electron chi connectivity index (χ3n) is 2.41. The molecule has 0 amide bonds. The van der Waals surface area contributed by atoms with Gasteiger partial charge in [-0.25, -0.2) is 0 Å². The van der Waals surface area contributed by atoms with E-state index in [-0.39, 0.29) is 18.4 Å². The lowest BCUT2D eigenvalue weighted by atomic mass is 9.99. The van der Waals surface area contributed by atoms with Crippen molar-refractivity contribution < 1.29 is 4.74 Å². The third kappa shape index (κ3) is 4.42. The Morgan fingerprint density at radius 1 is 1.25 bits per heavy atom. The summed E-state index contributed by atoms with van der Waals surface area (Å²) in [5.41, 5.74) is 8.50. The molecule has 1 rings (SSSR count). The molecule has 1 aromatic rings. The number of hydrogen-bond acceptors (Lipinski definition) is 2. The van der Waals surface area contributed by atoms with Crippen molar-refractivity contribution in [3.63, 3.8) is 0 Å². The molecule has 1 aromatic carbocycles. The Morgan fingerprint density at radius 2 is 1.94 bits per heavy atom. The second kappa shape index (κ2) is 7.53. The molecule has 0 aliphatic rings. The molecule has 0 saturated heterocycles. The lowest BCUT2D eigenvalue weighted by molar-refractivity contribution is 0.340. The minimum Gasteiger partial charge on any atom is -0.494 e. The fourth-order valence-electron chi connectivity index (χ4n) is 1.73. The summed E-state index contributed by atoms with van der Waals surface area (Å²) >= 11 is 0. The van der Waals surface area contributed by atoms with Gasteiger partial charge in [0.05, 0.1) is 6.61 Å². The summed E-state index contributed by atoms with van der Waals surface area (Å²) in [6.45, 7) is 6.92. The van der Waals surface area contributed by atoms with Gasteiger partial charge in [-0.2, -0.15) is 0 Å². The zero-order chi connectivity index (χ0) is 11.3. The van der Waals surface area contributed by atoms with E-state index in [2.05, 4.69) is 19.1 Å². The van der Waals surface area contributed by atoms with Crippen LogP contribution in [0.3, 0.4) is 0 Å². The van der Waals surface area contributed by atoms with E-state index in [1.807, 2.05) is 19.9 Å². The highest BCUT2D eigenvalue weighted by atomic mass is 35.5. The molecule has 0 radical (unpaired) electrons. The van der Waals surface area contributed by atoms with E-state index < -0.39 is 0 Å². The standard InChI is InChI=1S/C13H21NO.ClH/c1-4-11-9-13(15-5-2)7-6-12(11)8-10(3)14;/h6-7,9-10H,4-5,8,14H2,1-3H3;1H. The van der Waals surface area contributed by atoms with E-state index in [1.54, 1.807) is 0 Å². The van der Waals surface area contributed by atoms with Gasteiger partial charge in [0.15, 0.2) is 0 Å². The van der Waals surface area contributed by atoms with Gasteiger partial charge in [0, 0.05) is 6.04 Å². The molecule has 1 atom stereocenters. The van der Waals surface area contributed by atoms with Gasteiger partial charge in [0.25, 0.3) is 0 Å². The van der Waals surface area contributed by atoms with Crippen LogP contribution in [0, 0.1) is 0 Å². The summed E-state index contributed by atoms with van der Waals surface area (Å²) < 4.78 is 5.48. The number of nitrogens with two attached hydrogens (primary N) is 1. The molecule has 0 aromatic heterocycles. The molecule has 0 bridgehead atoms. The smallest absolute Gasteiger partial charge is 0.119 e. The van der Waals surface area contributed by atoms with Crippen LogP contribution in [0.5, 0.6) is 5.75 Å². The summed E-state index contributed by atoms with van der Waals surface area (Å²) in [5, 5.41) is 0. The first-order valence-corrected chi connectivity index (χ1v) is 5.67. The minimum absolute atomic E-state index is 0. The zero-order valence-corrected chi connectivity index (χ0v) is 11.1. The van der Waals surface area contributed by atoms with E-state index in [0.717, 1.165) is 25.2 Å². The maximum Gasteiger partial charge on any atom is 0.119 e. The molecule has 2 N–H and O–H groups in total. The third-order valence-corrected chi connectivity index (χ3v) is 2.41. The van der Waals surface area contributed by atoms with Crippen LogP contribution in [-0.2, 0) is 12.8 Å². The molecule has 3 heteroatoms. The Morgan fingerprint density at radius 3 is 2.44 bits per heavy atom. The van der Waals surface area contributed by atoms with Crippen LogP contribution >= 0.6 is 12.4 Å². The quantitative estimate of drug-likeness (QED) is 0.863. The molecule has 0 spiro atoms. The number of rotatable bonds is 5. The number of benzene rings is 1. The van der Waals surface area contributed by atoms with Crippen LogP contribution in [0.4, 0.5) is 0 Å². The summed E-state index contributed by atoms with van der Waals surface area (Å²) in [4.78, 5) is 0. The SMILES string of the molecule is CCOc1ccc(CC(C)N)c(CC)c1.Cl. The fraction of sp³-hybridized carbons (Fsp3) is 0.538. The molecular formula is C13H22ClNO. The van der Waals surface area contributed by atoms with Gasteiger partial charge in [-0.15, -0.1) is 12.4 Å². The number of aryl methyl sites for hydroxylation is 1. The van der Waals surface area contributed by atoms with Crippen LogP contribution in [0.1, 0.15) is 31.9 Å². The van der Waals surface area contributed by atoms with Crippen molar-refractivity contribution in [2.45, 2.75) is 39.7 Å². The second-order valence-electron chi connectivity index (χ2n) is 3.90. The monoisotopic (exact) mass is 243 g/mol. The Balaban J connectivity index is 0.00000225. The van der Waals surface area contributed by atoms with Crippen LogP contribution in [0.2, 0.25) is 0 Å². The Kier molecular flexibility index (Phi) is 7.18. The summed E-state index contributed by atoms with van der Waals surface area (Å²) in [6.07, 6.45) is 1.97. The summed E-state index contributed by atoms with van der Waals surface area (Å²) in [5.74, 6) is 0.961. The van der Waals surface area contributed by atoms with Gasteiger partial charge in [-0.05, 0) is 49.9 Å². The number of hydrogen-bond donors (Lipinski definition) is 1. The van der Waals surface area contributed by atoms with Crippen LogP contribution < -0.4 is 10.5 Å². The summed E-state index contributed by atoms with van der Waals surface area (Å²) in [7, 11) is 0. The average Bonchev–Trinajstić information content (AvgIpc) is 2.20. The van der Waals surface area contributed by atoms with Gasteiger partial charge >= 0.3 is 0 Å². The lowest BCUT2D eigenvalue weighted by Gasteiger charge is -2.12. The number of ether oxygens (including phenoxy) is 1. The fourth-order valence-corrected chi connectivity index (χ4v) is 1.73. The van der Waals surface area contributed by atoms with Crippen molar-refractivity contribution in [1.82, 2.24) is 0 Å². The van der Waals surface area contributed by atoms with E-state index in [4.69, 9.17) is 10.5 Å². The largest absolute Gasteiger partial charge is 0.494 e. The van der Waals surface area contributed by atoms with Crippen LogP contribution in [0.25, 0.3) is 0 Å². The van der Waals surface area contributed by atoms with Crippen LogP contribution in [0.15, 0.2) is 18.2 Å². The van der Waals surface area contributed by atoms with Crippen molar-refractivity contribution in [3.05, 3.63) is 29.3 Å². The zero-order valence-electron chi connectivity index (χ0n) is 10.3.